The molecule has 0 aromatic heterocycles. The van der Waals surface area contributed by atoms with Crippen molar-refractivity contribution in [1.82, 2.24) is 5.32 Å². The van der Waals surface area contributed by atoms with Crippen LogP contribution in [-0.4, -0.2) is 13.7 Å². The largest absolute Gasteiger partial charge is 0.435 e. The van der Waals surface area contributed by atoms with Crippen LogP contribution >= 0.6 is 0 Å². The van der Waals surface area contributed by atoms with Crippen molar-refractivity contribution in [2.45, 2.75) is 45.8 Å². The molecule has 1 unspecified atom stereocenters. The smallest absolute Gasteiger partial charge is 0.387 e. The Morgan fingerprint density at radius 1 is 1.21 bits per heavy atom. The first-order chi connectivity index (χ1) is 9.02. The molecule has 0 radical (unpaired) electrons. The second-order valence-corrected chi connectivity index (χ2v) is 5.12. The number of ether oxygens (including phenoxy) is 1. The Kier molecular flexibility index (Phi) is 6.78. The van der Waals surface area contributed by atoms with Crippen LogP contribution in [-0.2, 0) is 0 Å². The maximum absolute atomic E-state index is 12.2. The van der Waals surface area contributed by atoms with Crippen LogP contribution in [0.2, 0.25) is 0 Å². The van der Waals surface area contributed by atoms with Crippen molar-refractivity contribution in [3.8, 4) is 5.75 Å². The van der Waals surface area contributed by atoms with Gasteiger partial charge in [-0.3, -0.25) is 0 Å². The Labute approximate surface area is 114 Å². The highest BCUT2D eigenvalue weighted by Gasteiger charge is 2.11. The van der Waals surface area contributed by atoms with Gasteiger partial charge in [0.2, 0.25) is 0 Å². The molecule has 2 nitrogen and oxygen atoms in total. The molecule has 1 rings (SSSR count). The molecule has 0 fully saturated rings. The molecule has 0 bridgehead atoms. The Morgan fingerprint density at radius 3 is 2.53 bits per heavy atom. The maximum atomic E-state index is 12.2. The summed E-state index contributed by atoms with van der Waals surface area (Å²) >= 11 is 0. The molecule has 1 N–H and O–H groups in total. The molecule has 0 saturated carbocycles. The zero-order valence-electron chi connectivity index (χ0n) is 11.8. The normalized spacial score (nSPS) is 13.0. The number of nitrogens with one attached hydrogen (secondary N) is 1. The molecule has 1 atom stereocenters. The molecule has 1 aromatic rings. The lowest BCUT2D eigenvalue weighted by atomic mass is 9.98. The van der Waals surface area contributed by atoms with Crippen molar-refractivity contribution in [3.05, 3.63) is 29.8 Å². The molecule has 0 spiro atoms. The lowest BCUT2D eigenvalue weighted by Gasteiger charge is -2.18. The third-order valence-corrected chi connectivity index (χ3v) is 3.11. The molecule has 0 aliphatic carbocycles. The quantitative estimate of drug-likeness (QED) is 0.758. The SMILES string of the molecule is CNC(CCCC(C)C)c1cccc(OC(F)F)c1. The predicted molar refractivity (Wildman–Crippen MR) is 73.6 cm³/mol. The van der Waals surface area contributed by atoms with Gasteiger partial charge in [-0.05, 0) is 37.1 Å². The summed E-state index contributed by atoms with van der Waals surface area (Å²) in [7, 11) is 1.89. The van der Waals surface area contributed by atoms with Crippen LogP contribution in [0, 0.1) is 5.92 Å². The van der Waals surface area contributed by atoms with E-state index < -0.39 is 6.61 Å². The lowest BCUT2D eigenvalue weighted by Crippen LogP contribution is -2.16. The van der Waals surface area contributed by atoms with Gasteiger partial charge in [0.15, 0.2) is 0 Å². The molecule has 0 aliphatic heterocycles. The van der Waals surface area contributed by atoms with Crippen molar-refractivity contribution in [1.29, 1.82) is 0 Å². The van der Waals surface area contributed by atoms with Gasteiger partial charge in [-0.1, -0.05) is 38.8 Å². The van der Waals surface area contributed by atoms with E-state index in [1.165, 1.54) is 6.42 Å². The molecule has 0 aliphatic rings. The molecule has 0 heterocycles. The van der Waals surface area contributed by atoms with E-state index in [0.717, 1.165) is 18.4 Å². The third kappa shape index (κ3) is 6.01. The van der Waals surface area contributed by atoms with Crippen molar-refractivity contribution in [2.24, 2.45) is 5.92 Å². The lowest BCUT2D eigenvalue weighted by molar-refractivity contribution is -0.0499. The molecule has 1 aromatic carbocycles. The number of benzene rings is 1. The zero-order chi connectivity index (χ0) is 14.3. The average Bonchev–Trinajstić information content (AvgIpc) is 2.34. The topological polar surface area (TPSA) is 21.3 Å². The summed E-state index contributed by atoms with van der Waals surface area (Å²) in [5, 5.41) is 3.23. The van der Waals surface area contributed by atoms with Crippen molar-refractivity contribution in [2.75, 3.05) is 7.05 Å². The average molecular weight is 271 g/mol. The zero-order valence-corrected chi connectivity index (χ0v) is 11.8. The van der Waals surface area contributed by atoms with E-state index in [-0.39, 0.29) is 11.8 Å². The van der Waals surface area contributed by atoms with Crippen LogP contribution < -0.4 is 10.1 Å². The van der Waals surface area contributed by atoms with E-state index in [1.807, 2.05) is 13.1 Å². The Bertz CT molecular complexity index is 369. The minimum atomic E-state index is -2.77. The van der Waals surface area contributed by atoms with E-state index in [0.29, 0.717) is 5.92 Å². The molecule has 4 heteroatoms. The van der Waals surface area contributed by atoms with Crippen molar-refractivity contribution >= 4 is 0 Å². The maximum Gasteiger partial charge on any atom is 0.387 e. The Hall–Kier alpha value is -1.16. The fourth-order valence-electron chi connectivity index (χ4n) is 2.12. The number of hydrogen-bond donors (Lipinski definition) is 1. The van der Waals surface area contributed by atoms with E-state index in [2.05, 4.69) is 23.9 Å². The highest BCUT2D eigenvalue weighted by Crippen LogP contribution is 2.24. The van der Waals surface area contributed by atoms with Crippen LogP contribution in [0.3, 0.4) is 0 Å². The van der Waals surface area contributed by atoms with Gasteiger partial charge in [-0.25, -0.2) is 0 Å². The first-order valence-corrected chi connectivity index (χ1v) is 6.75. The van der Waals surface area contributed by atoms with Crippen LogP contribution in [0.25, 0.3) is 0 Å². The number of rotatable bonds is 8. The van der Waals surface area contributed by atoms with Gasteiger partial charge in [0.1, 0.15) is 5.75 Å². The first kappa shape index (κ1) is 15.9. The van der Waals surface area contributed by atoms with Gasteiger partial charge in [0.25, 0.3) is 0 Å². The highest BCUT2D eigenvalue weighted by molar-refractivity contribution is 5.30. The van der Waals surface area contributed by atoms with Crippen LogP contribution in [0.1, 0.15) is 44.7 Å². The second-order valence-electron chi connectivity index (χ2n) is 5.12. The van der Waals surface area contributed by atoms with Gasteiger partial charge in [0, 0.05) is 6.04 Å². The predicted octanol–water partition coefficient (Wildman–Crippen LogP) is 4.37. The van der Waals surface area contributed by atoms with E-state index >= 15 is 0 Å². The van der Waals surface area contributed by atoms with Crippen LogP contribution in [0.5, 0.6) is 5.75 Å². The summed E-state index contributed by atoms with van der Waals surface area (Å²) in [6.07, 6.45) is 3.28. The van der Waals surface area contributed by atoms with Crippen molar-refractivity contribution < 1.29 is 13.5 Å². The summed E-state index contributed by atoms with van der Waals surface area (Å²) < 4.78 is 28.8. The monoisotopic (exact) mass is 271 g/mol. The first-order valence-electron chi connectivity index (χ1n) is 6.75. The molecule has 0 saturated heterocycles. The minimum Gasteiger partial charge on any atom is -0.435 e. The van der Waals surface area contributed by atoms with Gasteiger partial charge in [-0.2, -0.15) is 8.78 Å². The van der Waals surface area contributed by atoms with Gasteiger partial charge >= 0.3 is 6.61 Å². The van der Waals surface area contributed by atoms with Crippen molar-refractivity contribution in [3.63, 3.8) is 0 Å². The Balaban J connectivity index is 2.64. The van der Waals surface area contributed by atoms with Gasteiger partial charge in [0.05, 0.1) is 0 Å². The Morgan fingerprint density at radius 2 is 1.95 bits per heavy atom. The number of alkyl halides is 2. The van der Waals surface area contributed by atoms with Crippen LogP contribution in [0.4, 0.5) is 8.78 Å². The standard InChI is InChI=1S/C15H23F2NO/c1-11(2)6-4-9-14(18-3)12-7-5-8-13(10-12)19-15(16)17/h5,7-8,10-11,14-15,18H,4,6,9H2,1-3H3. The highest BCUT2D eigenvalue weighted by atomic mass is 19.3. The van der Waals surface area contributed by atoms with Crippen LogP contribution in [0.15, 0.2) is 24.3 Å². The van der Waals surface area contributed by atoms with Gasteiger partial charge < -0.3 is 10.1 Å². The fourth-order valence-corrected chi connectivity index (χ4v) is 2.12. The summed E-state index contributed by atoms with van der Waals surface area (Å²) in [4.78, 5) is 0. The molecule has 0 amide bonds. The summed E-state index contributed by atoms with van der Waals surface area (Å²) in [5.74, 6) is 0.905. The number of hydrogen-bond acceptors (Lipinski definition) is 2. The van der Waals surface area contributed by atoms with E-state index in [9.17, 15) is 8.78 Å². The second kappa shape index (κ2) is 8.10. The summed E-state index contributed by atoms with van der Waals surface area (Å²) in [6, 6.07) is 7.11. The van der Waals surface area contributed by atoms with Gasteiger partial charge in [-0.15, -0.1) is 0 Å². The molecule has 108 valence electrons. The molecular formula is C15H23F2NO. The number of halogens is 2. The van der Waals surface area contributed by atoms with E-state index in [4.69, 9.17) is 0 Å². The minimum absolute atomic E-state index is 0.181. The fraction of sp³-hybridized carbons (Fsp3) is 0.600. The summed E-state index contributed by atoms with van der Waals surface area (Å²) in [5.41, 5.74) is 0.990. The molecular weight excluding hydrogens is 248 g/mol. The van der Waals surface area contributed by atoms with E-state index in [1.54, 1.807) is 18.2 Å². The molecule has 19 heavy (non-hydrogen) atoms. The third-order valence-electron chi connectivity index (χ3n) is 3.11. The summed E-state index contributed by atoms with van der Waals surface area (Å²) in [6.45, 7) is 1.63.